The van der Waals surface area contributed by atoms with Gasteiger partial charge in [0.1, 0.15) is 11.6 Å². The topological polar surface area (TPSA) is 80.2 Å². The summed E-state index contributed by atoms with van der Waals surface area (Å²) in [4.78, 5) is 27.5. The fraction of sp³-hybridized carbons (Fsp3) is 0.238. The maximum atomic E-state index is 12.3. The van der Waals surface area contributed by atoms with Crippen molar-refractivity contribution in [3.05, 3.63) is 66.1 Å². The second kappa shape index (κ2) is 8.94. The molecule has 0 atom stereocenters. The molecule has 0 bridgehead atoms. The first kappa shape index (κ1) is 19.3. The molecule has 0 aliphatic heterocycles. The van der Waals surface area contributed by atoms with Crippen molar-refractivity contribution in [2.24, 2.45) is 0 Å². The van der Waals surface area contributed by atoms with Gasteiger partial charge < -0.3 is 15.0 Å². The van der Waals surface area contributed by atoms with Crippen LogP contribution in [0.1, 0.15) is 11.3 Å². The highest BCUT2D eigenvalue weighted by atomic mass is 16.5. The Morgan fingerprint density at radius 2 is 1.89 bits per heavy atom. The summed E-state index contributed by atoms with van der Waals surface area (Å²) in [5.41, 5.74) is 2.51. The lowest BCUT2D eigenvalue weighted by Crippen LogP contribution is -2.25. The van der Waals surface area contributed by atoms with Gasteiger partial charge in [0, 0.05) is 38.1 Å². The molecule has 0 unspecified atom stereocenters. The molecular formula is C21H23N5O2. The van der Waals surface area contributed by atoms with E-state index in [1.807, 2.05) is 61.5 Å². The molecule has 0 saturated carbocycles. The average molecular weight is 377 g/mol. The summed E-state index contributed by atoms with van der Waals surface area (Å²) in [5, 5.41) is 2.93. The predicted octanol–water partition coefficient (Wildman–Crippen LogP) is 2.47. The molecule has 28 heavy (non-hydrogen) atoms. The van der Waals surface area contributed by atoms with Crippen LogP contribution in [0, 0.1) is 0 Å². The van der Waals surface area contributed by atoms with Gasteiger partial charge >= 0.3 is 0 Å². The van der Waals surface area contributed by atoms with Gasteiger partial charge in [0.25, 0.3) is 0 Å². The molecule has 3 aromatic rings. The number of carbonyl (C=O) groups excluding carboxylic acids is 1. The van der Waals surface area contributed by atoms with Crippen molar-refractivity contribution in [2.45, 2.75) is 13.0 Å². The van der Waals surface area contributed by atoms with Crippen LogP contribution in [0.4, 0.5) is 5.82 Å². The number of nitrogens with zero attached hydrogens (tertiary/aromatic N) is 4. The van der Waals surface area contributed by atoms with Crippen LogP contribution in [0.5, 0.6) is 5.75 Å². The first-order chi connectivity index (χ1) is 13.5. The Balaban J connectivity index is 1.72. The van der Waals surface area contributed by atoms with Crippen molar-refractivity contribution in [1.29, 1.82) is 0 Å². The molecule has 144 valence electrons. The van der Waals surface area contributed by atoms with Crippen LogP contribution in [0.2, 0.25) is 0 Å². The number of ether oxygens (including phenoxy) is 1. The SMILES string of the molecule is COc1cccc(CC(=O)NCc2cc(N(C)C)nc(-c3ccncc3)n2)c1. The number of carbonyl (C=O) groups is 1. The molecule has 2 heterocycles. The minimum absolute atomic E-state index is 0.0799. The molecule has 1 aromatic carbocycles. The van der Waals surface area contributed by atoms with Crippen molar-refractivity contribution in [3.8, 4) is 17.1 Å². The van der Waals surface area contributed by atoms with E-state index in [-0.39, 0.29) is 12.3 Å². The summed E-state index contributed by atoms with van der Waals surface area (Å²) in [5.74, 6) is 2.03. The molecule has 2 aromatic heterocycles. The number of methoxy groups -OCH3 is 1. The maximum Gasteiger partial charge on any atom is 0.224 e. The Morgan fingerprint density at radius 1 is 1.11 bits per heavy atom. The van der Waals surface area contributed by atoms with Crippen LogP contribution >= 0.6 is 0 Å². The Bertz CT molecular complexity index is 945. The van der Waals surface area contributed by atoms with Crippen molar-refractivity contribution in [2.75, 3.05) is 26.1 Å². The molecule has 0 radical (unpaired) electrons. The number of nitrogens with one attached hydrogen (secondary N) is 1. The van der Waals surface area contributed by atoms with Gasteiger partial charge in [0.2, 0.25) is 5.91 Å². The lowest BCUT2D eigenvalue weighted by molar-refractivity contribution is -0.120. The van der Waals surface area contributed by atoms with Gasteiger partial charge in [-0.3, -0.25) is 9.78 Å². The van der Waals surface area contributed by atoms with Gasteiger partial charge in [0.05, 0.1) is 25.8 Å². The van der Waals surface area contributed by atoms with Crippen LogP contribution in [0.25, 0.3) is 11.4 Å². The number of rotatable bonds is 7. The highest BCUT2D eigenvalue weighted by Gasteiger charge is 2.10. The summed E-state index contributed by atoms with van der Waals surface area (Å²) in [6.45, 7) is 0.324. The highest BCUT2D eigenvalue weighted by molar-refractivity contribution is 5.78. The molecule has 0 fully saturated rings. The number of pyridine rings is 1. The number of aromatic nitrogens is 3. The second-order valence-corrected chi connectivity index (χ2v) is 6.48. The van der Waals surface area contributed by atoms with Crippen molar-refractivity contribution < 1.29 is 9.53 Å². The zero-order valence-corrected chi connectivity index (χ0v) is 16.2. The molecule has 0 aliphatic carbocycles. The molecule has 0 saturated heterocycles. The van der Waals surface area contributed by atoms with E-state index in [1.54, 1.807) is 19.5 Å². The van der Waals surface area contributed by atoms with Crippen LogP contribution < -0.4 is 15.0 Å². The smallest absolute Gasteiger partial charge is 0.224 e. The summed E-state index contributed by atoms with van der Waals surface area (Å²) in [7, 11) is 5.45. The minimum atomic E-state index is -0.0799. The largest absolute Gasteiger partial charge is 0.497 e. The van der Waals surface area contributed by atoms with Crippen LogP contribution in [0.15, 0.2) is 54.9 Å². The molecule has 0 spiro atoms. The van der Waals surface area contributed by atoms with Gasteiger partial charge in [-0.25, -0.2) is 9.97 Å². The Labute approximate surface area is 164 Å². The Hall–Kier alpha value is -3.48. The third kappa shape index (κ3) is 5.03. The molecule has 1 N–H and O–H groups in total. The van der Waals surface area contributed by atoms with E-state index < -0.39 is 0 Å². The minimum Gasteiger partial charge on any atom is -0.497 e. The fourth-order valence-electron chi connectivity index (χ4n) is 2.65. The zero-order chi connectivity index (χ0) is 19.9. The molecule has 7 nitrogen and oxygen atoms in total. The number of anilines is 1. The van der Waals surface area contributed by atoms with Gasteiger partial charge in [-0.1, -0.05) is 12.1 Å². The second-order valence-electron chi connectivity index (χ2n) is 6.48. The number of benzene rings is 1. The molecular weight excluding hydrogens is 354 g/mol. The van der Waals surface area contributed by atoms with Crippen LogP contribution in [-0.4, -0.2) is 42.1 Å². The quantitative estimate of drug-likeness (QED) is 0.681. The standard InChI is InChI=1S/C21H23N5O2/c1-26(2)19-13-17(24-21(25-19)16-7-9-22-10-8-16)14-23-20(27)12-15-5-4-6-18(11-15)28-3/h4-11,13H,12,14H2,1-3H3,(H,23,27). The van der Waals surface area contributed by atoms with E-state index in [0.29, 0.717) is 12.4 Å². The van der Waals surface area contributed by atoms with Crippen molar-refractivity contribution >= 4 is 11.7 Å². The Morgan fingerprint density at radius 3 is 2.61 bits per heavy atom. The van der Waals surface area contributed by atoms with Crippen molar-refractivity contribution in [1.82, 2.24) is 20.3 Å². The Kier molecular flexibility index (Phi) is 6.16. The number of amides is 1. The van der Waals surface area contributed by atoms with Gasteiger partial charge in [-0.15, -0.1) is 0 Å². The van der Waals surface area contributed by atoms with E-state index in [1.165, 1.54) is 0 Å². The number of hydrogen-bond donors (Lipinski definition) is 1. The normalized spacial score (nSPS) is 10.4. The summed E-state index contributed by atoms with van der Waals surface area (Å²) in [6.07, 6.45) is 3.69. The maximum absolute atomic E-state index is 12.3. The lowest BCUT2D eigenvalue weighted by atomic mass is 10.1. The average Bonchev–Trinajstić information content (AvgIpc) is 2.73. The fourth-order valence-corrected chi connectivity index (χ4v) is 2.65. The monoisotopic (exact) mass is 377 g/mol. The van der Waals surface area contributed by atoms with E-state index >= 15 is 0 Å². The van der Waals surface area contributed by atoms with Crippen LogP contribution in [0.3, 0.4) is 0 Å². The molecule has 1 amide bonds. The highest BCUT2D eigenvalue weighted by Crippen LogP contribution is 2.19. The first-order valence-corrected chi connectivity index (χ1v) is 8.90. The summed E-state index contributed by atoms with van der Waals surface area (Å²) >= 11 is 0. The third-order valence-corrected chi connectivity index (χ3v) is 4.13. The first-order valence-electron chi connectivity index (χ1n) is 8.90. The molecule has 0 aliphatic rings. The number of hydrogen-bond acceptors (Lipinski definition) is 6. The third-order valence-electron chi connectivity index (χ3n) is 4.13. The van der Waals surface area contributed by atoms with Gasteiger partial charge in [-0.2, -0.15) is 0 Å². The van der Waals surface area contributed by atoms with E-state index in [2.05, 4.69) is 20.3 Å². The predicted molar refractivity (Wildman–Crippen MR) is 108 cm³/mol. The summed E-state index contributed by atoms with van der Waals surface area (Å²) < 4.78 is 5.20. The summed E-state index contributed by atoms with van der Waals surface area (Å²) in [6, 6.07) is 13.1. The van der Waals surface area contributed by atoms with E-state index in [4.69, 9.17) is 4.74 Å². The lowest BCUT2D eigenvalue weighted by Gasteiger charge is -2.14. The molecule has 3 rings (SSSR count). The molecule has 7 heteroatoms. The van der Waals surface area contributed by atoms with Crippen molar-refractivity contribution in [3.63, 3.8) is 0 Å². The van der Waals surface area contributed by atoms with E-state index in [0.717, 1.165) is 28.4 Å². The van der Waals surface area contributed by atoms with E-state index in [9.17, 15) is 4.79 Å². The van der Waals surface area contributed by atoms with Gasteiger partial charge in [0.15, 0.2) is 5.82 Å². The zero-order valence-electron chi connectivity index (χ0n) is 16.2. The van der Waals surface area contributed by atoms with Crippen LogP contribution in [-0.2, 0) is 17.8 Å². The van der Waals surface area contributed by atoms with Gasteiger partial charge in [-0.05, 0) is 29.8 Å².